The Bertz CT molecular complexity index is 531. The van der Waals surface area contributed by atoms with Crippen molar-refractivity contribution in [2.75, 3.05) is 5.73 Å². The molecule has 0 saturated carbocycles. The van der Waals surface area contributed by atoms with E-state index in [0.29, 0.717) is 0 Å². The summed E-state index contributed by atoms with van der Waals surface area (Å²) in [7, 11) is 0. The van der Waals surface area contributed by atoms with Gasteiger partial charge in [0, 0.05) is 5.69 Å². The van der Waals surface area contributed by atoms with Crippen LogP contribution in [0.5, 0.6) is 5.75 Å². The number of hydrogen-bond donors (Lipinski definition) is 1. The molecule has 0 radical (unpaired) electrons. The average molecular weight is 241 g/mol. The van der Waals surface area contributed by atoms with Crippen molar-refractivity contribution in [3.8, 4) is 5.75 Å². The molecule has 2 nitrogen and oxygen atoms in total. The number of hydrogen-bond acceptors (Lipinski definition) is 2. The fourth-order valence-corrected chi connectivity index (χ4v) is 1.88. The molecule has 1 unspecified atom stereocenters. The van der Waals surface area contributed by atoms with Gasteiger partial charge in [-0.15, -0.1) is 0 Å². The molecule has 2 rings (SSSR count). The maximum absolute atomic E-state index is 6.01. The molecular weight excluding hydrogens is 222 g/mol. The molecule has 2 heteroatoms. The molecular formula is C16H19NO. The monoisotopic (exact) mass is 241 g/mol. The zero-order valence-electron chi connectivity index (χ0n) is 11.1. The highest BCUT2D eigenvalue weighted by molar-refractivity contribution is 5.41. The maximum atomic E-state index is 6.01. The van der Waals surface area contributed by atoms with E-state index >= 15 is 0 Å². The molecule has 0 fully saturated rings. The van der Waals surface area contributed by atoms with Crippen LogP contribution in [-0.4, -0.2) is 0 Å². The van der Waals surface area contributed by atoms with Crippen molar-refractivity contribution in [3.05, 3.63) is 59.2 Å². The molecule has 0 aliphatic heterocycles. The third-order valence-electron chi connectivity index (χ3n) is 3.26. The van der Waals surface area contributed by atoms with E-state index in [9.17, 15) is 0 Å². The first-order valence-corrected chi connectivity index (χ1v) is 6.16. The van der Waals surface area contributed by atoms with E-state index in [0.717, 1.165) is 17.0 Å². The van der Waals surface area contributed by atoms with Gasteiger partial charge in [0.05, 0.1) is 0 Å². The van der Waals surface area contributed by atoms with E-state index in [1.807, 2.05) is 43.3 Å². The molecule has 2 aromatic carbocycles. The minimum atomic E-state index is 0.0195. The van der Waals surface area contributed by atoms with Crippen LogP contribution < -0.4 is 10.5 Å². The lowest BCUT2D eigenvalue weighted by Gasteiger charge is -2.17. The van der Waals surface area contributed by atoms with Gasteiger partial charge in [-0.25, -0.2) is 0 Å². The lowest BCUT2D eigenvalue weighted by atomic mass is 10.1. The first-order chi connectivity index (χ1) is 8.58. The van der Waals surface area contributed by atoms with Crippen LogP contribution in [0.1, 0.15) is 29.7 Å². The lowest BCUT2D eigenvalue weighted by Crippen LogP contribution is -2.04. The average Bonchev–Trinajstić information content (AvgIpc) is 2.36. The number of nitrogen functional groups attached to an aromatic ring is 1. The molecule has 0 saturated heterocycles. The SMILES string of the molecule is Cc1cccc(OC(C)c2ccc(N)cc2)c1C. The largest absolute Gasteiger partial charge is 0.486 e. The van der Waals surface area contributed by atoms with Gasteiger partial charge in [-0.1, -0.05) is 24.3 Å². The number of anilines is 1. The van der Waals surface area contributed by atoms with Gasteiger partial charge >= 0.3 is 0 Å². The summed E-state index contributed by atoms with van der Waals surface area (Å²) in [6.07, 6.45) is 0.0195. The first kappa shape index (κ1) is 12.5. The summed E-state index contributed by atoms with van der Waals surface area (Å²) in [4.78, 5) is 0. The minimum absolute atomic E-state index is 0.0195. The fraction of sp³-hybridized carbons (Fsp3) is 0.250. The van der Waals surface area contributed by atoms with Crippen molar-refractivity contribution in [1.29, 1.82) is 0 Å². The van der Waals surface area contributed by atoms with E-state index in [1.54, 1.807) is 0 Å². The zero-order chi connectivity index (χ0) is 13.1. The highest BCUT2D eigenvalue weighted by Crippen LogP contribution is 2.26. The molecule has 0 bridgehead atoms. The predicted molar refractivity (Wildman–Crippen MR) is 75.8 cm³/mol. The van der Waals surface area contributed by atoms with Crippen LogP contribution in [0.2, 0.25) is 0 Å². The first-order valence-electron chi connectivity index (χ1n) is 6.16. The Labute approximate surface area is 108 Å². The molecule has 2 aromatic rings. The van der Waals surface area contributed by atoms with Gasteiger partial charge < -0.3 is 10.5 Å². The van der Waals surface area contributed by atoms with Crippen LogP contribution in [0.15, 0.2) is 42.5 Å². The van der Waals surface area contributed by atoms with Gasteiger partial charge in [-0.2, -0.15) is 0 Å². The molecule has 0 aliphatic carbocycles. The Balaban J connectivity index is 2.18. The van der Waals surface area contributed by atoms with Crippen molar-refractivity contribution in [2.24, 2.45) is 0 Å². The van der Waals surface area contributed by atoms with Crippen molar-refractivity contribution in [2.45, 2.75) is 26.9 Å². The van der Waals surface area contributed by atoms with Gasteiger partial charge in [0.15, 0.2) is 0 Å². The van der Waals surface area contributed by atoms with Gasteiger partial charge in [0.1, 0.15) is 11.9 Å². The molecule has 0 aliphatic rings. The quantitative estimate of drug-likeness (QED) is 0.823. The van der Waals surface area contributed by atoms with Crippen LogP contribution in [0.3, 0.4) is 0 Å². The summed E-state index contributed by atoms with van der Waals surface area (Å²) in [5.74, 6) is 0.944. The fourth-order valence-electron chi connectivity index (χ4n) is 1.88. The highest BCUT2D eigenvalue weighted by atomic mass is 16.5. The third-order valence-corrected chi connectivity index (χ3v) is 3.26. The summed E-state index contributed by atoms with van der Waals surface area (Å²) in [6.45, 7) is 6.23. The molecule has 2 N–H and O–H groups in total. The number of benzene rings is 2. The third kappa shape index (κ3) is 2.65. The molecule has 0 aromatic heterocycles. The summed E-state index contributed by atoms with van der Waals surface area (Å²) in [5.41, 5.74) is 10.0. The van der Waals surface area contributed by atoms with E-state index < -0.39 is 0 Å². The normalized spacial score (nSPS) is 12.2. The number of nitrogens with two attached hydrogens (primary N) is 1. The van der Waals surface area contributed by atoms with Crippen LogP contribution in [0, 0.1) is 13.8 Å². The van der Waals surface area contributed by atoms with E-state index in [-0.39, 0.29) is 6.10 Å². The zero-order valence-corrected chi connectivity index (χ0v) is 11.1. The Morgan fingerprint density at radius 1 is 1.00 bits per heavy atom. The minimum Gasteiger partial charge on any atom is -0.486 e. The Kier molecular flexibility index (Phi) is 3.56. The second kappa shape index (κ2) is 5.13. The topological polar surface area (TPSA) is 35.2 Å². The van der Waals surface area contributed by atoms with Crippen molar-refractivity contribution >= 4 is 5.69 Å². The van der Waals surface area contributed by atoms with Gasteiger partial charge in [-0.05, 0) is 55.7 Å². The lowest BCUT2D eigenvalue weighted by molar-refractivity contribution is 0.225. The number of rotatable bonds is 3. The molecule has 18 heavy (non-hydrogen) atoms. The Morgan fingerprint density at radius 3 is 2.33 bits per heavy atom. The smallest absolute Gasteiger partial charge is 0.123 e. The van der Waals surface area contributed by atoms with Gasteiger partial charge in [0.2, 0.25) is 0 Å². The van der Waals surface area contributed by atoms with Crippen molar-refractivity contribution < 1.29 is 4.74 Å². The van der Waals surface area contributed by atoms with Crippen molar-refractivity contribution in [1.82, 2.24) is 0 Å². The molecule has 1 atom stereocenters. The second-order valence-electron chi connectivity index (χ2n) is 4.62. The molecule has 94 valence electrons. The summed E-state index contributed by atoms with van der Waals surface area (Å²) in [5, 5.41) is 0. The van der Waals surface area contributed by atoms with Crippen LogP contribution in [0.4, 0.5) is 5.69 Å². The van der Waals surface area contributed by atoms with Crippen LogP contribution >= 0.6 is 0 Å². The molecule has 0 spiro atoms. The molecule has 0 amide bonds. The Hall–Kier alpha value is -1.96. The number of ether oxygens (including phenoxy) is 1. The van der Waals surface area contributed by atoms with E-state index in [2.05, 4.69) is 19.9 Å². The summed E-state index contributed by atoms with van der Waals surface area (Å²) in [6, 6.07) is 13.9. The highest BCUT2D eigenvalue weighted by Gasteiger charge is 2.09. The van der Waals surface area contributed by atoms with Gasteiger partial charge in [-0.3, -0.25) is 0 Å². The number of aryl methyl sites for hydroxylation is 1. The van der Waals surface area contributed by atoms with Crippen LogP contribution in [0.25, 0.3) is 0 Å². The van der Waals surface area contributed by atoms with Crippen molar-refractivity contribution in [3.63, 3.8) is 0 Å². The van der Waals surface area contributed by atoms with E-state index in [1.165, 1.54) is 11.1 Å². The predicted octanol–water partition coefficient (Wildman–Crippen LogP) is 4.03. The Morgan fingerprint density at radius 2 is 1.67 bits per heavy atom. The van der Waals surface area contributed by atoms with E-state index in [4.69, 9.17) is 10.5 Å². The molecule has 0 heterocycles. The summed E-state index contributed by atoms with van der Waals surface area (Å²) < 4.78 is 6.01. The summed E-state index contributed by atoms with van der Waals surface area (Å²) >= 11 is 0. The second-order valence-corrected chi connectivity index (χ2v) is 4.62. The maximum Gasteiger partial charge on any atom is 0.123 e. The standard InChI is InChI=1S/C16H19NO/c1-11-5-4-6-16(12(11)2)18-13(3)14-7-9-15(17)10-8-14/h4-10,13H,17H2,1-3H3. The van der Waals surface area contributed by atoms with Crippen LogP contribution in [-0.2, 0) is 0 Å². The van der Waals surface area contributed by atoms with Gasteiger partial charge in [0.25, 0.3) is 0 Å².